The number of aromatic hydroxyl groups is 1. The molecule has 2 aliphatic carbocycles. The van der Waals surface area contributed by atoms with E-state index in [1.807, 2.05) is 60.7 Å². The summed E-state index contributed by atoms with van der Waals surface area (Å²) in [5.41, 5.74) is 7.33. The highest BCUT2D eigenvalue weighted by Gasteiger charge is 2.72. The zero-order valence-corrected chi connectivity index (χ0v) is 38.1. The molecule has 70 heavy (non-hydrogen) atoms. The summed E-state index contributed by atoms with van der Waals surface area (Å²) in [6, 6.07) is 25.4. The fourth-order valence-electron chi connectivity index (χ4n) is 10.3. The Morgan fingerprint density at radius 2 is 1.59 bits per heavy atom. The summed E-state index contributed by atoms with van der Waals surface area (Å²) in [5.74, 6) is -2.22. The zero-order chi connectivity index (χ0) is 49.0. The maximum atomic E-state index is 13.5. The lowest BCUT2D eigenvalue weighted by Crippen LogP contribution is -2.77. The maximum Gasteiger partial charge on any atom is 0.321 e. The van der Waals surface area contributed by atoms with Gasteiger partial charge in [-0.25, -0.2) is 9.79 Å². The Morgan fingerprint density at radius 1 is 0.857 bits per heavy atom. The molecule has 3 aliphatic heterocycles. The first-order valence-corrected chi connectivity index (χ1v) is 22.9. The maximum absolute atomic E-state index is 13.5. The molecule has 5 aliphatic rings. The standard InChI is InChI=1S/C49H53N9O12/c1-58-34-13-6-5-12-32(34)42(28-8-3-2-4-9-28)54-45(46(58)64)55-47(65)52-30-10-7-11-31(23-30)69-21-20-51-37(60)24-67-26-39(62)56-57-40(63)27-68-25-38(61)53-33-16-17-49(66)36-22-29-14-15-35(59)43-41(29)48(49,18-19-50-36)44(33)70-43/h2-15,23,33,36,44-45,50,59,66H,16-22,24-27H2,1H3,(H,51,60)(H,53,61)(H,56,62)(H,57,63)(H2,52,55,65)/t33-,36?,44-,45-,48-,49+/m0/s1. The van der Waals surface area contributed by atoms with Gasteiger partial charge in [-0.3, -0.25) is 34.8 Å². The van der Waals surface area contributed by atoms with Crippen molar-refractivity contribution in [1.29, 1.82) is 0 Å². The van der Waals surface area contributed by atoms with Crippen LogP contribution >= 0.6 is 0 Å². The topological polar surface area (TPSA) is 280 Å². The summed E-state index contributed by atoms with van der Waals surface area (Å²) in [5, 5.41) is 37.2. The van der Waals surface area contributed by atoms with E-state index < -0.39 is 91.3 Å². The number of carbonyl (C=O) groups excluding carboxylic acids is 6. The molecule has 21 heteroatoms. The number of nitrogens with one attached hydrogen (secondary N) is 7. The average Bonchev–Trinajstić information content (AvgIpc) is 3.67. The smallest absolute Gasteiger partial charge is 0.321 e. The van der Waals surface area contributed by atoms with Crippen LogP contribution in [0.3, 0.4) is 0 Å². The Balaban J connectivity index is 0.645. The predicted octanol–water partition coefficient (Wildman–Crippen LogP) is 0.656. The van der Waals surface area contributed by atoms with Gasteiger partial charge in [0.05, 0.1) is 35.0 Å². The average molecular weight is 960 g/mol. The molecule has 0 radical (unpaired) electrons. The highest BCUT2D eigenvalue weighted by molar-refractivity contribution is 6.20. The number of benzene rings is 4. The number of aliphatic imine (C=N–C) groups is 1. The predicted molar refractivity (Wildman–Crippen MR) is 251 cm³/mol. The molecular formula is C49H53N9O12. The van der Waals surface area contributed by atoms with Gasteiger partial charge in [0.15, 0.2) is 11.5 Å². The molecule has 7 amide bonds. The highest BCUT2D eigenvalue weighted by Crippen LogP contribution is 2.64. The number of hydrogen-bond acceptors (Lipinski definition) is 14. The SMILES string of the molecule is CN1C(=O)[C@H](NC(=O)Nc2cccc(OCCNC(=O)COCC(=O)NNC(=O)COCC(=O)N[C@H]3CC[C@@]4(O)C5Cc6ccc(O)c7c6[C@@]4(CCN5)[C@H]3O7)c2)N=C(c2ccccc2)c2ccccc21. The van der Waals surface area contributed by atoms with Crippen molar-refractivity contribution in [2.45, 2.75) is 61.1 Å². The summed E-state index contributed by atoms with van der Waals surface area (Å²) in [7, 11) is 1.63. The van der Waals surface area contributed by atoms with Crippen LogP contribution in [-0.4, -0.2) is 135 Å². The van der Waals surface area contributed by atoms with Crippen LogP contribution in [0.1, 0.15) is 41.5 Å². The second-order valence-electron chi connectivity index (χ2n) is 17.6. The number of piperidine rings is 1. The van der Waals surface area contributed by atoms with Gasteiger partial charge in [-0.1, -0.05) is 60.7 Å². The van der Waals surface area contributed by atoms with Crippen LogP contribution in [0.25, 0.3) is 0 Å². The third-order valence-electron chi connectivity index (χ3n) is 13.3. The summed E-state index contributed by atoms with van der Waals surface area (Å²) in [6.07, 6.45) is 0.168. The third kappa shape index (κ3) is 9.42. The first kappa shape index (κ1) is 47.5. The van der Waals surface area contributed by atoms with Crippen molar-refractivity contribution in [2.24, 2.45) is 4.99 Å². The van der Waals surface area contributed by atoms with E-state index in [2.05, 4.69) is 37.4 Å². The number of ether oxygens (including phenoxy) is 4. The number of amides is 7. The van der Waals surface area contributed by atoms with Crippen molar-refractivity contribution in [2.75, 3.05) is 63.4 Å². The van der Waals surface area contributed by atoms with Crippen LogP contribution in [0.2, 0.25) is 0 Å². The molecule has 0 aromatic heterocycles. The van der Waals surface area contributed by atoms with E-state index in [1.54, 1.807) is 37.4 Å². The summed E-state index contributed by atoms with van der Waals surface area (Å²) < 4.78 is 22.5. The van der Waals surface area contributed by atoms with Crippen molar-refractivity contribution in [1.82, 2.24) is 32.1 Å². The van der Waals surface area contributed by atoms with Gasteiger partial charge in [0.1, 0.15) is 44.9 Å². The minimum atomic E-state index is -1.22. The largest absolute Gasteiger partial charge is 0.504 e. The molecule has 4 aromatic carbocycles. The number of hydrogen-bond donors (Lipinski definition) is 9. The Hall–Kier alpha value is -7.59. The first-order valence-electron chi connectivity index (χ1n) is 22.9. The lowest BCUT2D eigenvalue weighted by Gasteiger charge is -2.61. The van der Waals surface area contributed by atoms with Crippen LogP contribution in [0.5, 0.6) is 17.2 Å². The van der Waals surface area contributed by atoms with Gasteiger partial charge >= 0.3 is 6.03 Å². The highest BCUT2D eigenvalue weighted by atomic mass is 16.5. The number of phenolic OH excluding ortho intramolecular Hbond substituents is 1. The fraction of sp³-hybridized carbons (Fsp3) is 0.367. The number of aliphatic hydroxyl groups is 1. The Morgan fingerprint density at radius 3 is 2.37 bits per heavy atom. The van der Waals surface area contributed by atoms with Crippen LogP contribution in [0.4, 0.5) is 16.2 Å². The van der Waals surface area contributed by atoms with Gasteiger partial charge in [-0.2, -0.15) is 0 Å². The molecule has 2 bridgehead atoms. The van der Waals surface area contributed by atoms with Gasteiger partial charge in [-0.05, 0) is 62.1 Å². The molecule has 6 atom stereocenters. The molecule has 9 rings (SSSR count). The summed E-state index contributed by atoms with van der Waals surface area (Å²) in [6.45, 7) is -1.25. The van der Waals surface area contributed by atoms with E-state index in [0.717, 1.165) is 22.3 Å². The number of anilines is 2. The van der Waals surface area contributed by atoms with Crippen LogP contribution < -0.4 is 51.8 Å². The minimum Gasteiger partial charge on any atom is -0.504 e. The second kappa shape index (κ2) is 20.2. The first-order chi connectivity index (χ1) is 33.8. The monoisotopic (exact) mass is 959 g/mol. The quantitative estimate of drug-likeness (QED) is 0.0552. The number of rotatable bonds is 16. The molecule has 3 heterocycles. The van der Waals surface area contributed by atoms with Crippen molar-refractivity contribution < 1.29 is 57.9 Å². The van der Waals surface area contributed by atoms with Crippen molar-refractivity contribution >= 4 is 52.7 Å². The molecule has 4 aromatic rings. The second-order valence-corrected chi connectivity index (χ2v) is 17.6. The number of phenols is 1. The Bertz CT molecular complexity index is 2720. The van der Waals surface area contributed by atoms with E-state index in [0.29, 0.717) is 60.8 Å². The Labute approximate surface area is 401 Å². The van der Waals surface area contributed by atoms with Gasteiger partial charge in [0.25, 0.3) is 17.7 Å². The van der Waals surface area contributed by atoms with Gasteiger partial charge in [0, 0.05) is 41.5 Å². The van der Waals surface area contributed by atoms with E-state index >= 15 is 0 Å². The van der Waals surface area contributed by atoms with Crippen LogP contribution in [-0.2, 0) is 45.3 Å². The minimum absolute atomic E-state index is 0.00822. The van der Waals surface area contributed by atoms with Crippen molar-refractivity contribution in [3.05, 3.63) is 113 Å². The zero-order valence-electron chi connectivity index (χ0n) is 38.1. The molecule has 1 unspecified atom stereocenters. The fourth-order valence-corrected chi connectivity index (χ4v) is 10.3. The number of hydrazine groups is 1. The lowest BCUT2D eigenvalue weighted by atomic mass is 9.49. The number of carbonyl (C=O) groups is 6. The number of nitrogens with zero attached hydrogens (tertiary/aromatic N) is 2. The van der Waals surface area contributed by atoms with Gasteiger partial charge < -0.3 is 60.6 Å². The molecular weight excluding hydrogens is 907 g/mol. The van der Waals surface area contributed by atoms with Crippen molar-refractivity contribution in [3.8, 4) is 17.2 Å². The number of urea groups is 1. The number of para-hydroxylation sites is 1. The van der Waals surface area contributed by atoms with E-state index in [9.17, 15) is 39.0 Å². The van der Waals surface area contributed by atoms with E-state index in [4.69, 9.17) is 23.9 Å². The molecule has 2 fully saturated rings. The molecule has 366 valence electrons. The van der Waals surface area contributed by atoms with E-state index in [1.165, 1.54) is 4.90 Å². The normalized spacial score (nSPS) is 23.5. The molecule has 1 saturated carbocycles. The van der Waals surface area contributed by atoms with Gasteiger partial charge in [-0.15, -0.1) is 0 Å². The molecule has 1 spiro atoms. The molecule has 21 nitrogen and oxygen atoms in total. The molecule has 9 N–H and O–H groups in total. The number of benzodiazepines with no additional fused rings is 1. The Kier molecular flexibility index (Phi) is 13.7. The van der Waals surface area contributed by atoms with Crippen molar-refractivity contribution in [3.63, 3.8) is 0 Å². The van der Waals surface area contributed by atoms with Gasteiger partial charge in [0.2, 0.25) is 18.0 Å². The van der Waals surface area contributed by atoms with Crippen LogP contribution in [0, 0.1) is 0 Å². The third-order valence-corrected chi connectivity index (χ3v) is 13.3. The number of likely N-dealkylation sites (N-methyl/N-ethyl adjacent to an activating group) is 1. The lowest BCUT2D eigenvalue weighted by molar-refractivity contribution is -0.161. The summed E-state index contributed by atoms with van der Waals surface area (Å²) in [4.78, 5) is 82.7. The summed E-state index contributed by atoms with van der Waals surface area (Å²) >= 11 is 0. The number of fused-ring (bicyclic) bond motifs is 1. The molecule has 1 saturated heterocycles. The van der Waals surface area contributed by atoms with Crippen LogP contribution in [0.15, 0.2) is 96.0 Å². The van der Waals surface area contributed by atoms with E-state index in [-0.39, 0.29) is 24.9 Å².